The molecule has 7 atom stereocenters. The number of Topliss-reactive ketones (excluding diaryl/α,β-unsaturated/α-hetero) is 1. The number of rotatable bonds is 18. The van der Waals surface area contributed by atoms with E-state index in [1.807, 2.05) is 58.0 Å². The molecule has 4 rings (SSSR count). The standard InChI is InChI=1S/C45H68N6O9/c1-26(2)35(47-40(54)37(28(5)6)48(10)11)39(53)45(21-17-23-50(45)41(55)31-20-16-22-49(31)42(56)36(46-9)27(3)4)44(58)60-38(29(7)8)43(57)51-32(33(59-12)25-34(51)52)24-30-18-14-13-15-19-30/h13-15,18-19,25-29,31-32,35-38,46H,16-17,20-24H2,1-12H3,(H,47,54)/t31-,32-,35-,36-,37-,38-,45+/m0/s1. The molecule has 3 aliphatic heterocycles. The third-order valence-electron chi connectivity index (χ3n) is 12.1. The third kappa shape index (κ3) is 9.77. The predicted molar refractivity (Wildman–Crippen MR) is 226 cm³/mol. The summed E-state index contributed by atoms with van der Waals surface area (Å²) in [7, 11) is 6.64. The van der Waals surface area contributed by atoms with Crippen LogP contribution in [0.3, 0.4) is 0 Å². The van der Waals surface area contributed by atoms with Crippen LogP contribution in [0.2, 0.25) is 0 Å². The molecule has 3 heterocycles. The Morgan fingerprint density at radius 1 is 0.850 bits per heavy atom. The van der Waals surface area contributed by atoms with Gasteiger partial charge in [0.1, 0.15) is 17.8 Å². The Hall–Kier alpha value is -4.63. The van der Waals surface area contributed by atoms with Gasteiger partial charge in [-0.25, -0.2) is 4.79 Å². The van der Waals surface area contributed by atoms with E-state index in [4.69, 9.17) is 9.47 Å². The van der Waals surface area contributed by atoms with E-state index >= 15 is 9.59 Å². The molecule has 332 valence electrons. The zero-order chi connectivity index (χ0) is 44.8. The maximum atomic E-state index is 15.4. The second-order valence-corrected chi connectivity index (χ2v) is 18.0. The van der Waals surface area contributed by atoms with Gasteiger partial charge in [0.05, 0.1) is 25.2 Å². The molecule has 0 bridgehead atoms. The molecule has 2 N–H and O–H groups in total. The van der Waals surface area contributed by atoms with Crippen LogP contribution < -0.4 is 10.6 Å². The maximum Gasteiger partial charge on any atom is 0.340 e. The van der Waals surface area contributed by atoms with Crippen molar-refractivity contribution in [1.29, 1.82) is 0 Å². The Kier molecular flexibility index (Phi) is 16.2. The van der Waals surface area contributed by atoms with E-state index in [0.717, 1.165) is 10.5 Å². The van der Waals surface area contributed by atoms with E-state index in [0.29, 0.717) is 19.4 Å². The fourth-order valence-corrected chi connectivity index (χ4v) is 9.11. The molecule has 1 aromatic carbocycles. The van der Waals surface area contributed by atoms with E-state index in [-0.39, 0.29) is 49.3 Å². The zero-order valence-electron chi connectivity index (χ0n) is 37.7. The molecule has 5 amide bonds. The molecule has 0 aliphatic carbocycles. The smallest absolute Gasteiger partial charge is 0.340 e. The maximum absolute atomic E-state index is 15.4. The van der Waals surface area contributed by atoms with Gasteiger partial charge in [0.15, 0.2) is 11.9 Å². The van der Waals surface area contributed by atoms with Gasteiger partial charge in [0.25, 0.3) is 11.8 Å². The summed E-state index contributed by atoms with van der Waals surface area (Å²) < 4.78 is 11.8. The summed E-state index contributed by atoms with van der Waals surface area (Å²) in [5.41, 5.74) is -1.44. The summed E-state index contributed by atoms with van der Waals surface area (Å²) in [6, 6.07) is 5.07. The first-order valence-electron chi connectivity index (χ1n) is 21.4. The molecule has 2 fully saturated rings. The summed E-state index contributed by atoms with van der Waals surface area (Å²) in [4.78, 5) is 107. The number of nitrogens with zero attached hydrogens (tertiary/aromatic N) is 4. The fourth-order valence-electron chi connectivity index (χ4n) is 9.11. The molecule has 0 unspecified atom stereocenters. The highest BCUT2D eigenvalue weighted by atomic mass is 16.6. The number of likely N-dealkylation sites (tertiary alicyclic amines) is 2. The number of amides is 5. The van der Waals surface area contributed by atoms with Crippen LogP contribution >= 0.6 is 0 Å². The third-order valence-corrected chi connectivity index (χ3v) is 12.1. The SMILES string of the molecule is CN[C@H](C(=O)N1CCC[C@H]1C(=O)N1CCC[C@]1(C(=O)O[C@H](C(=O)N1C(=O)C=C(OC)[C@@H]1Cc1ccccc1)C(C)C)C(=O)[C@@H](NC(=O)[C@H](C(C)C)N(C)C)C(C)C)C(C)C. The number of nitrogens with one attached hydrogen (secondary N) is 2. The minimum absolute atomic E-state index is 0.00586. The average Bonchev–Trinajstić information content (AvgIpc) is 3.93. The lowest BCUT2D eigenvalue weighted by atomic mass is 9.81. The lowest BCUT2D eigenvalue weighted by molar-refractivity contribution is -0.179. The van der Waals surface area contributed by atoms with Crippen molar-refractivity contribution in [2.24, 2.45) is 23.7 Å². The highest BCUT2D eigenvalue weighted by molar-refractivity contribution is 6.15. The average molecular weight is 837 g/mol. The summed E-state index contributed by atoms with van der Waals surface area (Å²) in [5, 5.41) is 5.99. The molecule has 2 saturated heterocycles. The van der Waals surface area contributed by atoms with Crippen LogP contribution in [0.5, 0.6) is 0 Å². The van der Waals surface area contributed by atoms with Gasteiger partial charge < -0.3 is 29.9 Å². The van der Waals surface area contributed by atoms with Crippen molar-refractivity contribution >= 4 is 41.3 Å². The Balaban J connectivity index is 1.80. The van der Waals surface area contributed by atoms with Crippen LogP contribution in [0.15, 0.2) is 42.2 Å². The highest BCUT2D eigenvalue weighted by Crippen LogP contribution is 2.38. The predicted octanol–water partition coefficient (Wildman–Crippen LogP) is 2.96. The van der Waals surface area contributed by atoms with Gasteiger partial charge in [-0.1, -0.05) is 85.7 Å². The van der Waals surface area contributed by atoms with Gasteiger partial charge in [-0.3, -0.25) is 38.6 Å². The molecule has 60 heavy (non-hydrogen) atoms. The quantitative estimate of drug-likeness (QED) is 0.164. The number of hydrogen-bond donors (Lipinski definition) is 2. The lowest BCUT2D eigenvalue weighted by Gasteiger charge is -2.42. The molecule has 1 aromatic rings. The Bertz CT molecular complexity index is 1770. The second kappa shape index (κ2) is 20.3. The van der Waals surface area contributed by atoms with Gasteiger partial charge in [0.2, 0.25) is 23.3 Å². The molecule has 0 aromatic heterocycles. The number of benzene rings is 1. The van der Waals surface area contributed by atoms with Gasteiger partial charge in [0, 0.05) is 25.6 Å². The summed E-state index contributed by atoms with van der Waals surface area (Å²) >= 11 is 0. The molecule has 0 radical (unpaired) electrons. The molecule has 0 saturated carbocycles. The van der Waals surface area contributed by atoms with E-state index < -0.39 is 89.1 Å². The van der Waals surface area contributed by atoms with Crippen molar-refractivity contribution in [3.63, 3.8) is 0 Å². The van der Waals surface area contributed by atoms with Crippen molar-refractivity contribution in [2.75, 3.05) is 41.3 Å². The zero-order valence-corrected chi connectivity index (χ0v) is 37.7. The first kappa shape index (κ1) is 48.0. The number of ether oxygens (including phenoxy) is 2. The largest absolute Gasteiger partial charge is 0.499 e. The monoisotopic (exact) mass is 837 g/mol. The molecule has 0 spiro atoms. The molecule has 3 aliphatic rings. The first-order chi connectivity index (χ1) is 28.2. The van der Waals surface area contributed by atoms with Crippen LogP contribution in [0.25, 0.3) is 0 Å². The van der Waals surface area contributed by atoms with Gasteiger partial charge >= 0.3 is 5.97 Å². The van der Waals surface area contributed by atoms with Crippen LogP contribution in [0.4, 0.5) is 0 Å². The van der Waals surface area contributed by atoms with Crippen LogP contribution in [-0.2, 0) is 49.5 Å². The fraction of sp³-hybridized carbons (Fsp3) is 0.667. The number of ketones is 1. The Labute approximate surface area is 355 Å². The van der Waals surface area contributed by atoms with Gasteiger partial charge in [-0.15, -0.1) is 0 Å². The van der Waals surface area contributed by atoms with Crippen molar-refractivity contribution in [3.8, 4) is 0 Å². The van der Waals surface area contributed by atoms with Crippen LogP contribution in [0, 0.1) is 23.7 Å². The lowest BCUT2D eigenvalue weighted by Crippen LogP contribution is -2.68. The Morgan fingerprint density at radius 2 is 1.48 bits per heavy atom. The number of esters is 1. The number of hydrogen-bond acceptors (Lipinski definition) is 11. The molecular formula is C45H68N6O9. The van der Waals surface area contributed by atoms with Crippen LogP contribution in [0.1, 0.15) is 86.6 Å². The number of carbonyl (C=O) groups is 7. The van der Waals surface area contributed by atoms with E-state index in [2.05, 4.69) is 10.6 Å². The minimum Gasteiger partial charge on any atom is -0.499 e. The number of carbonyl (C=O) groups excluding carboxylic acids is 7. The van der Waals surface area contributed by atoms with Crippen LogP contribution in [-0.4, -0.2) is 144 Å². The number of imide groups is 1. The van der Waals surface area contributed by atoms with Crippen molar-refractivity contribution in [1.82, 2.24) is 30.2 Å². The Morgan fingerprint density at radius 3 is 2.02 bits per heavy atom. The van der Waals surface area contributed by atoms with Gasteiger partial charge in [-0.2, -0.15) is 0 Å². The molecule has 15 nitrogen and oxygen atoms in total. The van der Waals surface area contributed by atoms with E-state index in [1.54, 1.807) is 53.7 Å². The normalized spacial score (nSPS) is 22.7. The second-order valence-electron chi connectivity index (χ2n) is 18.0. The number of methoxy groups -OCH3 is 1. The minimum atomic E-state index is -2.27. The van der Waals surface area contributed by atoms with E-state index in [9.17, 15) is 24.0 Å². The highest BCUT2D eigenvalue weighted by Gasteiger charge is 2.61. The van der Waals surface area contributed by atoms with Crippen molar-refractivity contribution < 1.29 is 43.0 Å². The molecular weight excluding hydrogens is 769 g/mol. The van der Waals surface area contributed by atoms with E-state index in [1.165, 1.54) is 23.0 Å². The van der Waals surface area contributed by atoms with Crippen molar-refractivity contribution in [2.45, 2.75) is 129 Å². The summed E-state index contributed by atoms with van der Waals surface area (Å²) in [6.45, 7) is 14.7. The molecule has 15 heteroatoms. The first-order valence-corrected chi connectivity index (χ1v) is 21.4. The topological polar surface area (TPSA) is 175 Å². The van der Waals surface area contributed by atoms with Gasteiger partial charge in [-0.05, 0) is 76.1 Å². The summed E-state index contributed by atoms with van der Waals surface area (Å²) in [5.74, 6) is -5.73. The summed E-state index contributed by atoms with van der Waals surface area (Å²) in [6.07, 6.45) is 0.878. The number of likely N-dealkylation sites (N-methyl/N-ethyl adjacent to an activating group) is 2. The van der Waals surface area contributed by atoms with Crippen molar-refractivity contribution in [3.05, 3.63) is 47.7 Å².